The van der Waals surface area contributed by atoms with Crippen molar-refractivity contribution in [1.82, 2.24) is 20.0 Å². The largest absolute Gasteiger partial charge is 0.490 e. The highest BCUT2D eigenvalue weighted by molar-refractivity contribution is 5.95. The van der Waals surface area contributed by atoms with Crippen molar-refractivity contribution < 1.29 is 19.4 Å². The lowest BCUT2D eigenvalue weighted by atomic mass is 10.0. The lowest BCUT2D eigenvalue weighted by molar-refractivity contribution is -0.123. The zero-order valence-corrected chi connectivity index (χ0v) is 22.1. The molecule has 3 N–H and O–H groups in total. The van der Waals surface area contributed by atoms with Crippen molar-refractivity contribution >= 4 is 17.5 Å². The van der Waals surface area contributed by atoms with Gasteiger partial charge in [0.15, 0.2) is 0 Å². The fourth-order valence-electron chi connectivity index (χ4n) is 4.24. The van der Waals surface area contributed by atoms with E-state index in [0.29, 0.717) is 17.7 Å². The second-order valence-corrected chi connectivity index (χ2v) is 9.57. The number of nitriles is 1. The number of aliphatic hydroxyl groups is 1. The number of nitrogens with one attached hydrogen (secondary N) is 2. The SMILES string of the molecule is Cc1cccn2cc(-c3ccc(CC(CNC(=O)CO)NC(=O)c4ccc(OC(C)C)c(C#N)c4)cc3)nc12. The Bertz CT molecular complexity index is 1520. The second-order valence-electron chi connectivity index (χ2n) is 9.57. The van der Waals surface area contributed by atoms with E-state index in [1.54, 1.807) is 12.1 Å². The number of fused-ring (bicyclic) bond motifs is 1. The number of ether oxygens (including phenoxy) is 1. The number of rotatable bonds is 10. The van der Waals surface area contributed by atoms with E-state index in [9.17, 15) is 14.9 Å². The number of nitrogens with zero attached hydrogens (tertiary/aromatic N) is 3. The summed E-state index contributed by atoms with van der Waals surface area (Å²) in [4.78, 5) is 29.5. The quantitative estimate of drug-likeness (QED) is 0.291. The first kappa shape index (κ1) is 27.4. The molecule has 4 rings (SSSR count). The van der Waals surface area contributed by atoms with E-state index in [4.69, 9.17) is 14.8 Å². The van der Waals surface area contributed by atoms with Gasteiger partial charge in [-0.3, -0.25) is 9.59 Å². The van der Waals surface area contributed by atoms with Crippen molar-refractivity contribution in [2.24, 2.45) is 0 Å². The number of hydrogen-bond donors (Lipinski definition) is 3. The Kier molecular flexibility index (Phi) is 8.59. The van der Waals surface area contributed by atoms with Gasteiger partial charge in [-0.1, -0.05) is 30.3 Å². The monoisotopic (exact) mass is 525 g/mol. The van der Waals surface area contributed by atoms with E-state index in [0.717, 1.165) is 28.0 Å². The average molecular weight is 526 g/mol. The van der Waals surface area contributed by atoms with Crippen LogP contribution in [0.3, 0.4) is 0 Å². The third kappa shape index (κ3) is 6.80. The molecule has 2 aromatic carbocycles. The Balaban J connectivity index is 1.50. The molecule has 2 amide bonds. The molecule has 2 heterocycles. The third-order valence-corrected chi connectivity index (χ3v) is 6.16. The van der Waals surface area contributed by atoms with Crippen LogP contribution < -0.4 is 15.4 Å². The molecule has 0 aliphatic heterocycles. The van der Waals surface area contributed by atoms with Crippen LogP contribution in [0.15, 0.2) is 67.0 Å². The summed E-state index contributed by atoms with van der Waals surface area (Å²) in [7, 11) is 0. The van der Waals surface area contributed by atoms with Crippen LogP contribution in [0.5, 0.6) is 5.75 Å². The van der Waals surface area contributed by atoms with Crippen molar-refractivity contribution in [2.75, 3.05) is 13.2 Å². The molecular formula is C30H31N5O4. The van der Waals surface area contributed by atoms with Crippen LogP contribution in [0, 0.1) is 18.3 Å². The number of carbonyl (C=O) groups is 2. The summed E-state index contributed by atoms with van der Waals surface area (Å²) in [6.07, 6.45) is 4.27. The Morgan fingerprint density at radius 1 is 1.15 bits per heavy atom. The second kappa shape index (κ2) is 12.2. The van der Waals surface area contributed by atoms with Crippen LogP contribution in [0.1, 0.15) is 40.9 Å². The topological polar surface area (TPSA) is 129 Å². The number of carbonyl (C=O) groups excluding carboxylic acids is 2. The minimum absolute atomic E-state index is 0.112. The minimum atomic E-state index is -0.642. The first-order chi connectivity index (χ1) is 18.8. The lowest BCUT2D eigenvalue weighted by Crippen LogP contribution is -2.45. The molecule has 0 saturated heterocycles. The number of aliphatic hydroxyl groups excluding tert-OH is 1. The third-order valence-electron chi connectivity index (χ3n) is 6.16. The van der Waals surface area contributed by atoms with Crippen molar-refractivity contribution in [3.8, 4) is 23.1 Å². The molecule has 2 aromatic heterocycles. The van der Waals surface area contributed by atoms with Crippen LogP contribution in [-0.4, -0.2) is 51.6 Å². The summed E-state index contributed by atoms with van der Waals surface area (Å²) in [5, 5.41) is 24.2. The maximum absolute atomic E-state index is 13.1. The Morgan fingerprint density at radius 3 is 2.59 bits per heavy atom. The Labute approximate surface area is 227 Å². The first-order valence-corrected chi connectivity index (χ1v) is 12.7. The van der Waals surface area contributed by atoms with Gasteiger partial charge in [0.1, 0.15) is 24.1 Å². The zero-order chi connectivity index (χ0) is 27.9. The molecule has 1 atom stereocenters. The highest BCUT2D eigenvalue weighted by Gasteiger charge is 2.18. The van der Waals surface area contributed by atoms with E-state index in [-0.39, 0.29) is 24.1 Å². The number of benzene rings is 2. The van der Waals surface area contributed by atoms with E-state index in [1.165, 1.54) is 6.07 Å². The van der Waals surface area contributed by atoms with Gasteiger partial charge in [0.05, 0.1) is 23.4 Å². The van der Waals surface area contributed by atoms with Crippen molar-refractivity contribution in [2.45, 2.75) is 39.3 Å². The standard InChI is InChI=1S/C30H31N5O4/c1-19(2)39-27-11-10-23(14-24(27)15-31)30(38)33-25(16-32-28(37)18-36)13-21-6-8-22(9-7-21)26-17-35-12-4-5-20(3)29(35)34-26/h4-12,14,17,19,25,36H,13,16,18H2,1-3H3,(H,32,37)(H,33,38). The molecule has 0 saturated carbocycles. The molecule has 200 valence electrons. The molecule has 0 fully saturated rings. The van der Waals surface area contributed by atoms with Crippen molar-refractivity contribution in [3.05, 3.63) is 89.2 Å². The maximum atomic E-state index is 13.1. The number of aromatic nitrogens is 2. The predicted octanol–water partition coefficient (Wildman–Crippen LogP) is 3.42. The molecular weight excluding hydrogens is 494 g/mol. The van der Waals surface area contributed by atoms with Gasteiger partial charge >= 0.3 is 0 Å². The maximum Gasteiger partial charge on any atom is 0.251 e. The molecule has 0 aliphatic rings. The van der Waals surface area contributed by atoms with E-state index in [1.807, 2.05) is 74.0 Å². The smallest absolute Gasteiger partial charge is 0.251 e. The summed E-state index contributed by atoms with van der Waals surface area (Å²) < 4.78 is 7.63. The zero-order valence-electron chi connectivity index (χ0n) is 22.1. The molecule has 4 aromatic rings. The number of imidazole rings is 1. The van der Waals surface area contributed by atoms with Gasteiger partial charge in [0.2, 0.25) is 5.91 Å². The molecule has 0 radical (unpaired) electrons. The normalized spacial score (nSPS) is 11.7. The summed E-state index contributed by atoms with van der Waals surface area (Å²) in [6.45, 7) is 5.22. The van der Waals surface area contributed by atoms with Gasteiger partial charge in [0, 0.05) is 30.1 Å². The van der Waals surface area contributed by atoms with Gasteiger partial charge in [0.25, 0.3) is 5.91 Å². The van der Waals surface area contributed by atoms with Gasteiger partial charge in [-0.25, -0.2) is 4.98 Å². The average Bonchev–Trinajstić information content (AvgIpc) is 3.37. The number of amides is 2. The number of hydrogen-bond acceptors (Lipinski definition) is 6. The first-order valence-electron chi connectivity index (χ1n) is 12.7. The van der Waals surface area contributed by atoms with Crippen LogP contribution in [0.2, 0.25) is 0 Å². The summed E-state index contributed by atoms with van der Waals surface area (Å²) in [5.41, 5.74) is 5.33. The fourth-order valence-corrected chi connectivity index (χ4v) is 4.24. The van der Waals surface area contributed by atoms with Crippen LogP contribution in [0.25, 0.3) is 16.9 Å². The molecule has 39 heavy (non-hydrogen) atoms. The number of pyridine rings is 1. The lowest BCUT2D eigenvalue weighted by Gasteiger charge is -2.20. The molecule has 0 spiro atoms. The van der Waals surface area contributed by atoms with Crippen molar-refractivity contribution in [3.63, 3.8) is 0 Å². The summed E-state index contributed by atoms with van der Waals surface area (Å²) in [5.74, 6) is -0.507. The highest BCUT2D eigenvalue weighted by atomic mass is 16.5. The van der Waals surface area contributed by atoms with Crippen LogP contribution in [-0.2, 0) is 11.2 Å². The van der Waals surface area contributed by atoms with Crippen LogP contribution in [0.4, 0.5) is 0 Å². The molecule has 1 unspecified atom stereocenters. The van der Waals surface area contributed by atoms with Gasteiger partial charge in [-0.05, 0) is 62.6 Å². The van der Waals surface area contributed by atoms with Crippen molar-refractivity contribution in [1.29, 1.82) is 5.26 Å². The van der Waals surface area contributed by atoms with Gasteiger partial charge in [-0.15, -0.1) is 0 Å². The predicted molar refractivity (Wildman–Crippen MR) is 147 cm³/mol. The van der Waals surface area contributed by atoms with Gasteiger partial charge in [-0.2, -0.15) is 5.26 Å². The van der Waals surface area contributed by atoms with E-state index in [2.05, 4.69) is 16.7 Å². The van der Waals surface area contributed by atoms with Gasteiger partial charge < -0.3 is 24.9 Å². The molecule has 9 heteroatoms. The van der Waals surface area contributed by atoms with Crippen LogP contribution >= 0.6 is 0 Å². The fraction of sp³-hybridized carbons (Fsp3) is 0.267. The molecule has 0 bridgehead atoms. The van der Waals surface area contributed by atoms with E-state index < -0.39 is 18.6 Å². The molecule has 0 aliphatic carbocycles. The summed E-state index contributed by atoms with van der Waals surface area (Å²) >= 11 is 0. The van der Waals surface area contributed by atoms with E-state index >= 15 is 0 Å². The highest BCUT2D eigenvalue weighted by Crippen LogP contribution is 2.23. The minimum Gasteiger partial charge on any atom is -0.490 e. The molecule has 9 nitrogen and oxygen atoms in total. The Morgan fingerprint density at radius 2 is 1.92 bits per heavy atom. The Hall–Kier alpha value is -4.68. The summed E-state index contributed by atoms with van der Waals surface area (Å²) in [6, 6.07) is 18.2. The number of aryl methyl sites for hydroxylation is 1.